The Morgan fingerprint density at radius 2 is 1.93 bits per heavy atom. The molecule has 2 atom stereocenters. The number of nitrogens with one attached hydrogen (secondary N) is 1. The first-order valence-electron chi connectivity index (χ1n) is 9.16. The fourth-order valence-corrected chi connectivity index (χ4v) is 2.74. The van der Waals surface area contributed by atoms with Crippen LogP contribution in [0.5, 0.6) is 11.5 Å². The normalized spacial score (nSPS) is 13.7. The molecule has 30 heavy (non-hydrogen) atoms. The van der Waals surface area contributed by atoms with Gasteiger partial charge in [-0.05, 0) is 26.0 Å². The zero-order chi connectivity index (χ0) is 22.5. The zero-order valence-corrected chi connectivity index (χ0v) is 17.6. The third-order valence-electron chi connectivity index (χ3n) is 4.00. The second-order valence-corrected chi connectivity index (χ2v) is 7.22. The van der Waals surface area contributed by atoms with E-state index < -0.39 is 36.1 Å². The SMILES string of the molecule is COCC(C)(C)OC(Oc1cc2oc(=O)c(NC(C)=O)cc2cc1OC)[C@@H](O)CO. The number of anilines is 1. The molecule has 0 aliphatic heterocycles. The highest BCUT2D eigenvalue weighted by atomic mass is 16.7. The van der Waals surface area contributed by atoms with Crippen molar-refractivity contribution in [2.45, 2.75) is 38.8 Å². The number of amides is 1. The van der Waals surface area contributed by atoms with Crippen LogP contribution in [0.3, 0.4) is 0 Å². The number of aliphatic hydroxyl groups is 2. The minimum Gasteiger partial charge on any atom is -0.493 e. The third-order valence-corrected chi connectivity index (χ3v) is 4.00. The van der Waals surface area contributed by atoms with E-state index in [0.717, 1.165) is 0 Å². The van der Waals surface area contributed by atoms with Crippen LogP contribution in [0.4, 0.5) is 5.69 Å². The minimum absolute atomic E-state index is 0.0102. The molecule has 10 heteroatoms. The van der Waals surface area contributed by atoms with Crippen LogP contribution < -0.4 is 20.4 Å². The lowest BCUT2D eigenvalue weighted by Crippen LogP contribution is -2.45. The van der Waals surface area contributed by atoms with E-state index in [1.165, 1.54) is 33.3 Å². The summed E-state index contributed by atoms with van der Waals surface area (Å²) in [5, 5.41) is 22.4. The van der Waals surface area contributed by atoms with E-state index >= 15 is 0 Å². The number of rotatable bonds is 10. The quantitative estimate of drug-likeness (QED) is 0.379. The molecule has 0 bridgehead atoms. The summed E-state index contributed by atoms with van der Waals surface area (Å²) >= 11 is 0. The van der Waals surface area contributed by atoms with Crippen molar-refractivity contribution in [2.75, 3.05) is 32.8 Å². The summed E-state index contributed by atoms with van der Waals surface area (Å²) in [6, 6.07) is 4.39. The van der Waals surface area contributed by atoms with Gasteiger partial charge in [-0.15, -0.1) is 0 Å². The smallest absolute Gasteiger partial charge is 0.360 e. The van der Waals surface area contributed by atoms with Gasteiger partial charge >= 0.3 is 5.63 Å². The Morgan fingerprint density at radius 3 is 2.50 bits per heavy atom. The van der Waals surface area contributed by atoms with Crippen molar-refractivity contribution < 1.29 is 38.4 Å². The molecule has 0 fully saturated rings. The molecule has 1 unspecified atom stereocenters. The second-order valence-electron chi connectivity index (χ2n) is 7.22. The number of ether oxygens (including phenoxy) is 4. The lowest BCUT2D eigenvalue weighted by atomic mass is 10.1. The van der Waals surface area contributed by atoms with Crippen LogP contribution >= 0.6 is 0 Å². The summed E-state index contributed by atoms with van der Waals surface area (Å²) in [5.74, 6) is -0.0372. The molecule has 0 spiro atoms. The van der Waals surface area contributed by atoms with Crippen LogP contribution in [0.1, 0.15) is 20.8 Å². The Labute approximate surface area is 173 Å². The van der Waals surface area contributed by atoms with E-state index in [-0.39, 0.29) is 29.4 Å². The fraction of sp³-hybridized carbons (Fsp3) is 0.500. The lowest BCUT2D eigenvalue weighted by molar-refractivity contribution is -0.218. The first-order chi connectivity index (χ1) is 14.1. The third kappa shape index (κ3) is 5.92. The number of benzene rings is 1. The van der Waals surface area contributed by atoms with Gasteiger partial charge in [-0.25, -0.2) is 4.79 Å². The van der Waals surface area contributed by atoms with Crippen molar-refractivity contribution in [3.63, 3.8) is 0 Å². The van der Waals surface area contributed by atoms with E-state index in [2.05, 4.69) is 5.32 Å². The van der Waals surface area contributed by atoms with E-state index in [1.807, 2.05) is 0 Å². The number of hydrogen-bond acceptors (Lipinski definition) is 9. The first-order valence-corrected chi connectivity index (χ1v) is 9.16. The molecule has 0 radical (unpaired) electrons. The van der Waals surface area contributed by atoms with Crippen LogP contribution in [-0.2, 0) is 14.3 Å². The van der Waals surface area contributed by atoms with Crippen molar-refractivity contribution in [1.29, 1.82) is 0 Å². The molecule has 3 N–H and O–H groups in total. The number of fused-ring (bicyclic) bond motifs is 1. The van der Waals surface area contributed by atoms with Gasteiger partial charge in [-0.2, -0.15) is 0 Å². The van der Waals surface area contributed by atoms with Gasteiger partial charge in [0.05, 0.1) is 25.9 Å². The topological polar surface area (TPSA) is 137 Å². The van der Waals surface area contributed by atoms with Crippen molar-refractivity contribution in [3.8, 4) is 11.5 Å². The van der Waals surface area contributed by atoms with Crippen molar-refractivity contribution in [3.05, 3.63) is 28.6 Å². The maximum atomic E-state index is 12.1. The maximum absolute atomic E-state index is 12.1. The Kier molecular flexibility index (Phi) is 7.79. The molecule has 0 aliphatic carbocycles. The molecule has 0 saturated heterocycles. The Hall–Kier alpha value is -2.66. The van der Waals surface area contributed by atoms with Gasteiger partial charge in [-0.3, -0.25) is 4.79 Å². The summed E-state index contributed by atoms with van der Waals surface area (Å²) in [5.41, 5.74) is -1.42. The molecule has 1 aromatic carbocycles. The number of carbonyl (C=O) groups is 1. The number of hydrogen-bond donors (Lipinski definition) is 3. The number of methoxy groups -OCH3 is 2. The zero-order valence-electron chi connectivity index (χ0n) is 17.6. The maximum Gasteiger partial charge on any atom is 0.360 e. The molecule has 0 saturated carbocycles. The van der Waals surface area contributed by atoms with Gasteiger partial charge in [0.25, 0.3) is 0 Å². The van der Waals surface area contributed by atoms with Crippen LogP contribution in [0.2, 0.25) is 0 Å². The molecule has 166 valence electrons. The van der Waals surface area contributed by atoms with E-state index in [9.17, 15) is 19.8 Å². The molecule has 2 rings (SSSR count). The largest absolute Gasteiger partial charge is 0.493 e. The first kappa shape index (κ1) is 23.6. The molecule has 0 aliphatic rings. The van der Waals surface area contributed by atoms with Gasteiger partial charge in [0.15, 0.2) is 11.5 Å². The van der Waals surface area contributed by atoms with Gasteiger partial charge in [0.1, 0.15) is 17.4 Å². The van der Waals surface area contributed by atoms with E-state index in [1.54, 1.807) is 19.9 Å². The standard InChI is InChI=1S/C20H27NO9/c1-11(23)21-13-6-12-7-16(27-5)17(8-15(12)28-18(13)25)29-19(14(24)9-22)30-20(2,3)10-26-4/h6-8,14,19,22,24H,9-10H2,1-5H3,(H,21,23)/t14-,19?/m0/s1. The monoisotopic (exact) mass is 425 g/mol. The summed E-state index contributed by atoms with van der Waals surface area (Å²) < 4.78 is 27.2. The van der Waals surface area contributed by atoms with Gasteiger partial charge in [0.2, 0.25) is 12.2 Å². The average Bonchev–Trinajstić information content (AvgIpc) is 2.66. The lowest BCUT2D eigenvalue weighted by Gasteiger charge is -2.32. The predicted octanol–water partition coefficient (Wildman–Crippen LogP) is 1.26. The molecule has 1 aromatic heterocycles. The van der Waals surface area contributed by atoms with Crippen LogP contribution in [0, 0.1) is 0 Å². The number of aliphatic hydroxyl groups excluding tert-OH is 2. The van der Waals surface area contributed by atoms with Gasteiger partial charge in [-0.1, -0.05) is 0 Å². The van der Waals surface area contributed by atoms with Crippen molar-refractivity contribution >= 4 is 22.6 Å². The van der Waals surface area contributed by atoms with Crippen LogP contribution in [0.25, 0.3) is 11.0 Å². The molecule has 2 aromatic rings. The average molecular weight is 425 g/mol. The summed E-state index contributed by atoms with van der Waals surface area (Å²) in [7, 11) is 2.92. The summed E-state index contributed by atoms with van der Waals surface area (Å²) in [6.07, 6.45) is -2.63. The highest BCUT2D eigenvalue weighted by Gasteiger charge is 2.31. The molecule has 1 heterocycles. The van der Waals surface area contributed by atoms with Crippen molar-refractivity contribution in [2.24, 2.45) is 0 Å². The molecule has 1 amide bonds. The molecule has 10 nitrogen and oxygen atoms in total. The summed E-state index contributed by atoms with van der Waals surface area (Å²) in [4.78, 5) is 23.4. The van der Waals surface area contributed by atoms with Gasteiger partial charge < -0.3 is 38.9 Å². The Balaban J connectivity index is 2.44. The van der Waals surface area contributed by atoms with Crippen molar-refractivity contribution in [1.82, 2.24) is 0 Å². The highest BCUT2D eigenvalue weighted by Crippen LogP contribution is 2.34. The Morgan fingerprint density at radius 1 is 1.23 bits per heavy atom. The highest BCUT2D eigenvalue weighted by molar-refractivity contribution is 5.91. The molecular formula is C20H27NO9. The number of carbonyl (C=O) groups excluding carboxylic acids is 1. The summed E-state index contributed by atoms with van der Waals surface area (Å²) in [6.45, 7) is 4.34. The van der Waals surface area contributed by atoms with E-state index in [0.29, 0.717) is 5.39 Å². The predicted molar refractivity (Wildman–Crippen MR) is 108 cm³/mol. The van der Waals surface area contributed by atoms with Crippen LogP contribution in [-0.4, -0.2) is 61.5 Å². The molecular weight excluding hydrogens is 398 g/mol. The van der Waals surface area contributed by atoms with Gasteiger partial charge in [0, 0.05) is 25.5 Å². The second kappa shape index (κ2) is 9.90. The van der Waals surface area contributed by atoms with Crippen LogP contribution in [0.15, 0.2) is 27.4 Å². The Bertz CT molecular complexity index is 938. The minimum atomic E-state index is -1.37. The fourth-order valence-electron chi connectivity index (χ4n) is 2.74. The van der Waals surface area contributed by atoms with E-state index in [4.69, 9.17) is 23.4 Å².